The molecule has 0 radical (unpaired) electrons. The van der Waals surface area contributed by atoms with Crippen molar-refractivity contribution in [2.75, 3.05) is 13.7 Å². The second-order valence-corrected chi connectivity index (χ2v) is 6.15. The fraction of sp³-hybridized carbons (Fsp3) is 0.300. The third kappa shape index (κ3) is 3.27. The second-order valence-electron chi connectivity index (χ2n) is 6.15. The van der Waals surface area contributed by atoms with Crippen molar-refractivity contribution < 1.29 is 23.5 Å². The maximum absolute atomic E-state index is 13.7. The van der Waals surface area contributed by atoms with E-state index >= 15 is 0 Å². The van der Waals surface area contributed by atoms with E-state index in [0.717, 1.165) is 18.1 Å². The first-order chi connectivity index (χ1) is 12.1. The van der Waals surface area contributed by atoms with Crippen LogP contribution in [0.2, 0.25) is 0 Å². The van der Waals surface area contributed by atoms with Gasteiger partial charge in [0.25, 0.3) is 0 Å². The molecule has 130 valence electrons. The number of halogens is 1. The molecule has 2 aromatic rings. The van der Waals surface area contributed by atoms with Gasteiger partial charge in [-0.3, -0.25) is 9.59 Å². The Bertz CT molecular complexity index is 782. The molecule has 0 saturated heterocycles. The molecule has 5 heteroatoms. The number of carbonyl (C=O) groups excluding carboxylic acids is 2. The van der Waals surface area contributed by atoms with Gasteiger partial charge in [0.1, 0.15) is 0 Å². The van der Waals surface area contributed by atoms with Crippen LogP contribution in [0.5, 0.6) is 5.75 Å². The molecule has 0 atom stereocenters. The molecule has 0 unspecified atom stereocenters. The average Bonchev–Trinajstić information content (AvgIpc) is 2.59. The third-order valence-electron chi connectivity index (χ3n) is 4.73. The molecular weight excluding hydrogens is 323 g/mol. The van der Waals surface area contributed by atoms with Crippen LogP contribution in [0.1, 0.15) is 35.2 Å². The summed E-state index contributed by atoms with van der Waals surface area (Å²) >= 11 is 0. The highest BCUT2D eigenvalue weighted by Crippen LogP contribution is 2.44. The van der Waals surface area contributed by atoms with Crippen LogP contribution in [-0.2, 0) is 14.9 Å². The number of hydrogen-bond acceptors (Lipinski definition) is 4. The van der Waals surface area contributed by atoms with Crippen molar-refractivity contribution in [2.24, 2.45) is 0 Å². The van der Waals surface area contributed by atoms with Crippen LogP contribution in [-0.4, -0.2) is 25.5 Å². The first-order valence-corrected chi connectivity index (χ1v) is 8.16. The largest absolute Gasteiger partial charge is 0.494 e. The lowest BCUT2D eigenvalue weighted by molar-refractivity contribution is -0.153. The van der Waals surface area contributed by atoms with Crippen molar-refractivity contribution >= 4 is 11.8 Å². The third-order valence-corrected chi connectivity index (χ3v) is 4.73. The van der Waals surface area contributed by atoms with Crippen LogP contribution < -0.4 is 4.74 Å². The van der Waals surface area contributed by atoms with Crippen molar-refractivity contribution in [2.45, 2.75) is 24.7 Å². The van der Waals surface area contributed by atoms with Gasteiger partial charge in [-0.1, -0.05) is 36.8 Å². The Morgan fingerprint density at radius 3 is 2.40 bits per heavy atom. The number of rotatable bonds is 6. The monoisotopic (exact) mass is 342 g/mol. The number of ketones is 1. The van der Waals surface area contributed by atoms with Gasteiger partial charge in [-0.2, -0.15) is 0 Å². The van der Waals surface area contributed by atoms with Gasteiger partial charge in [0.2, 0.25) is 0 Å². The maximum Gasteiger partial charge on any atom is 0.317 e. The van der Waals surface area contributed by atoms with Crippen molar-refractivity contribution in [3.63, 3.8) is 0 Å². The summed E-state index contributed by atoms with van der Waals surface area (Å²) in [7, 11) is 1.35. The highest BCUT2D eigenvalue weighted by Gasteiger charge is 2.47. The highest BCUT2D eigenvalue weighted by molar-refractivity contribution is 5.98. The fourth-order valence-corrected chi connectivity index (χ4v) is 3.09. The van der Waals surface area contributed by atoms with Crippen molar-refractivity contribution in [1.29, 1.82) is 0 Å². The molecule has 0 bridgehead atoms. The Balaban J connectivity index is 1.67. The quantitative estimate of drug-likeness (QED) is 0.593. The predicted octanol–water partition coefficient (Wildman–Crippen LogP) is 3.68. The number of ether oxygens (including phenoxy) is 2. The molecule has 0 amide bonds. The highest BCUT2D eigenvalue weighted by atomic mass is 19.1. The minimum Gasteiger partial charge on any atom is -0.494 e. The first-order valence-electron chi connectivity index (χ1n) is 8.16. The molecule has 1 fully saturated rings. The zero-order valence-electron chi connectivity index (χ0n) is 14.0. The van der Waals surface area contributed by atoms with Crippen LogP contribution in [0.4, 0.5) is 4.39 Å². The van der Waals surface area contributed by atoms with E-state index in [1.165, 1.54) is 19.2 Å². The Morgan fingerprint density at radius 2 is 1.84 bits per heavy atom. The van der Waals surface area contributed by atoms with Crippen molar-refractivity contribution in [1.82, 2.24) is 0 Å². The first kappa shape index (κ1) is 17.1. The molecule has 0 heterocycles. The summed E-state index contributed by atoms with van der Waals surface area (Å²) < 4.78 is 23.8. The Morgan fingerprint density at radius 1 is 1.12 bits per heavy atom. The summed E-state index contributed by atoms with van der Waals surface area (Å²) in [4.78, 5) is 24.8. The fourth-order valence-electron chi connectivity index (χ4n) is 3.09. The van der Waals surface area contributed by atoms with Crippen LogP contribution in [0, 0.1) is 5.82 Å². The van der Waals surface area contributed by atoms with Crippen LogP contribution in [0.3, 0.4) is 0 Å². The smallest absolute Gasteiger partial charge is 0.317 e. The standard InChI is InChI=1S/C20H19FO4/c1-24-18-9-8-14(12-16(18)21)17(22)13-25-19(23)20(10-5-11-20)15-6-3-2-4-7-15/h2-4,6-9,12H,5,10-11,13H2,1H3. The predicted molar refractivity (Wildman–Crippen MR) is 90.2 cm³/mol. The Hall–Kier alpha value is -2.69. The SMILES string of the molecule is COc1ccc(C(=O)COC(=O)C2(c3ccccc3)CCC2)cc1F. The lowest BCUT2D eigenvalue weighted by Crippen LogP contribution is -2.44. The summed E-state index contributed by atoms with van der Waals surface area (Å²) in [6.45, 7) is -0.404. The normalized spacial score (nSPS) is 15.1. The molecule has 0 aliphatic heterocycles. The summed E-state index contributed by atoms with van der Waals surface area (Å²) in [5.41, 5.74) is 0.398. The van der Waals surface area contributed by atoms with Crippen LogP contribution >= 0.6 is 0 Å². The summed E-state index contributed by atoms with van der Waals surface area (Å²) in [6.07, 6.45) is 2.37. The van der Waals surface area contributed by atoms with Gasteiger partial charge in [-0.05, 0) is 36.6 Å². The molecule has 0 aromatic heterocycles. The zero-order valence-corrected chi connectivity index (χ0v) is 14.0. The summed E-state index contributed by atoms with van der Waals surface area (Å²) in [5, 5.41) is 0. The number of carbonyl (C=O) groups is 2. The van der Waals surface area contributed by atoms with E-state index in [1.54, 1.807) is 0 Å². The number of benzene rings is 2. The topological polar surface area (TPSA) is 52.6 Å². The molecule has 4 nitrogen and oxygen atoms in total. The molecule has 2 aromatic carbocycles. The molecule has 1 aliphatic carbocycles. The van der Waals surface area contributed by atoms with Crippen LogP contribution in [0.25, 0.3) is 0 Å². The van der Waals surface area contributed by atoms with Crippen LogP contribution in [0.15, 0.2) is 48.5 Å². The van der Waals surface area contributed by atoms with Gasteiger partial charge in [0.15, 0.2) is 24.0 Å². The number of methoxy groups -OCH3 is 1. The molecule has 1 aliphatic rings. The van der Waals surface area contributed by atoms with E-state index in [2.05, 4.69) is 0 Å². The van der Waals surface area contributed by atoms with Gasteiger partial charge in [-0.15, -0.1) is 0 Å². The Kier molecular flexibility index (Phi) is 4.83. The van der Waals surface area contributed by atoms with E-state index in [0.29, 0.717) is 12.8 Å². The van der Waals surface area contributed by atoms with Gasteiger partial charge >= 0.3 is 5.97 Å². The van der Waals surface area contributed by atoms with Gasteiger partial charge in [-0.25, -0.2) is 4.39 Å². The minimum atomic E-state index is -0.660. The average molecular weight is 342 g/mol. The molecule has 0 spiro atoms. The van der Waals surface area contributed by atoms with E-state index < -0.39 is 29.6 Å². The van der Waals surface area contributed by atoms with E-state index in [4.69, 9.17) is 9.47 Å². The lowest BCUT2D eigenvalue weighted by atomic mass is 9.64. The van der Waals surface area contributed by atoms with Crippen molar-refractivity contribution in [3.05, 3.63) is 65.5 Å². The molecular formula is C20H19FO4. The zero-order chi connectivity index (χ0) is 17.9. The number of esters is 1. The molecule has 3 rings (SSSR count). The van der Waals surface area contributed by atoms with Gasteiger partial charge in [0, 0.05) is 5.56 Å². The lowest BCUT2D eigenvalue weighted by Gasteiger charge is -2.39. The van der Waals surface area contributed by atoms with Crippen molar-refractivity contribution in [3.8, 4) is 5.75 Å². The van der Waals surface area contributed by atoms with Gasteiger partial charge in [0.05, 0.1) is 12.5 Å². The Labute approximate surface area is 145 Å². The number of hydrogen-bond donors (Lipinski definition) is 0. The molecule has 25 heavy (non-hydrogen) atoms. The summed E-state index contributed by atoms with van der Waals surface area (Å²) in [6, 6.07) is 13.4. The van der Waals surface area contributed by atoms with Gasteiger partial charge < -0.3 is 9.47 Å². The minimum absolute atomic E-state index is 0.0612. The van der Waals surface area contributed by atoms with E-state index in [1.807, 2.05) is 30.3 Å². The number of Topliss-reactive ketones (excluding diaryl/α,β-unsaturated/α-hetero) is 1. The maximum atomic E-state index is 13.7. The van der Waals surface area contributed by atoms with E-state index in [-0.39, 0.29) is 11.3 Å². The van der Waals surface area contributed by atoms with E-state index in [9.17, 15) is 14.0 Å². The summed E-state index contributed by atoms with van der Waals surface area (Å²) in [5.74, 6) is -1.41. The molecule has 1 saturated carbocycles. The second kappa shape index (κ2) is 7.05. The molecule has 0 N–H and O–H groups in total.